The molecule has 1 aliphatic rings. The van der Waals surface area contributed by atoms with Gasteiger partial charge in [0.25, 0.3) is 0 Å². The lowest BCUT2D eigenvalue weighted by atomic mass is 10.1. The zero-order chi connectivity index (χ0) is 12.4. The fourth-order valence-electron chi connectivity index (χ4n) is 2.00. The fourth-order valence-corrected chi connectivity index (χ4v) is 2.00. The number of benzene rings is 2. The highest BCUT2D eigenvalue weighted by atomic mass is 16.6. The van der Waals surface area contributed by atoms with Gasteiger partial charge < -0.3 is 9.47 Å². The van der Waals surface area contributed by atoms with Gasteiger partial charge in [0.05, 0.1) is 6.61 Å². The average molecular weight is 240 g/mol. The summed E-state index contributed by atoms with van der Waals surface area (Å²) in [6.45, 7) is 2.87. The fraction of sp³-hybridized carbons (Fsp3) is 0.250. The summed E-state index contributed by atoms with van der Waals surface area (Å²) in [5, 5.41) is 0. The van der Waals surface area contributed by atoms with Crippen LogP contribution in [0.1, 0.15) is 6.92 Å². The van der Waals surface area contributed by atoms with Crippen LogP contribution in [0.25, 0.3) is 11.1 Å². The number of ether oxygens (including phenoxy) is 2. The molecule has 2 heteroatoms. The quantitative estimate of drug-likeness (QED) is 0.763. The molecule has 0 spiro atoms. The van der Waals surface area contributed by atoms with Crippen molar-refractivity contribution >= 4 is 0 Å². The van der Waals surface area contributed by atoms with Gasteiger partial charge >= 0.3 is 0 Å². The predicted molar refractivity (Wildman–Crippen MR) is 71.7 cm³/mol. The van der Waals surface area contributed by atoms with E-state index >= 15 is 0 Å². The lowest BCUT2D eigenvalue weighted by Gasteiger charge is -2.13. The Morgan fingerprint density at radius 2 is 1.78 bits per heavy atom. The molecule has 3 rings (SSSR count). The van der Waals surface area contributed by atoms with E-state index in [9.17, 15) is 0 Å². The molecule has 2 aromatic carbocycles. The third kappa shape index (κ3) is 2.54. The van der Waals surface area contributed by atoms with Crippen LogP contribution < -0.4 is 4.74 Å². The van der Waals surface area contributed by atoms with E-state index in [1.54, 1.807) is 0 Å². The first kappa shape index (κ1) is 11.3. The van der Waals surface area contributed by atoms with Gasteiger partial charge in [-0.05, 0) is 30.2 Å². The van der Waals surface area contributed by atoms with Crippen LogP contribution in [0.4, 0.5) is 0 Å². The Balaban J connectivity index is 1.80. The summed E-state index contributed by atoms with van der Waals surface area (Å²) < 4.78 is 11.1. The van der Waals surface area contributed by atoms with Gasteiger partial charge in [0.1, 0.15) is 18.0 Å². The van der Waals surface area contributed by atoms with Gasteiger partial charge in [0.2, 0.25) is 0 Å². The highest BCUT2D eigenvalue weighted by molar-refractivity contribution is 5.64. The molecule has 2 nitrogen and oxygen atoms in total. The zero-order valence-corrected chi connectivity index (χ0v) is 10.4. The van der Waals surface area contributed by atoms with Gasteiger partial charge in [0.15, 0.2) is 0 Å². The van der Waals surface area contributed by atoms with E-state index < -0.39 is 0 Å². The summed E-state index contributed by atoms with van der Waals surface area (Å²) in [4.78, 5) is 0. The minimum absolute atomic E-state index is 0.121. The van der Waals surface area contributed by atoms with Gasteiger partial charge in [-0.3, -0.25) is 0 Å². The summed E-state index contributed by atoms with van der Waals surface area (Å²) in [6, 6.07) is 18.5. The van der Waals surface area contributed by atoms with Crippen LogP contribution in [0.15, 0.2) is 54.6 Å². The highest BCUT2D eigenvalue weighted by Gasteiger charge is 2.30. The maximum absolute atomic E-state index is 5.88. The van der Waals surface area contributed by atoms with Crippen molar-refractivity contribution in [2.75, 3.05) is 6.61 Å². The molecule has 0 aliphatic carbocycles. The Hall–Kier alpha value is -1.80. The summed E-state index contributed by atoms with van der Waals surface area (Å²) in [5.41, 5.74) is 2.38. The molecule has 1 fully saturated rings. The Kier molecular flexibility index (Phi) is 3.03. The van der Waals surface area contributed by atoms with Crippen LogP contribution in [-0.4, -0.2) is 18.8 Å². The minimum Gasteiger partial charge on any atom is -0.488 e. The largest absolute Gasteiger partial charge is 0.488 e. The molecular formula is C16H16O2. The molecule has 0 bridgehead atoms. The van der Waals surface area contributed by atoms with Crippen molar-refractivity contribution in [3.05, 3.63) is 54.6 Å². The molecule has 0 unspecified atom stereocenters. The van der Waals surface area contributed by atoms with Gasteiger partial charge in [-0.2, -0.15) is 0 Å². The zero-order valence-electron chi connectivity index (χ0n) is 10.4. The summed E-state index contributed by atoms with van der Waals surface area (Å²) >= 11 is 0. The van der Waals surface area contributed by atoms with E-state index in [0.29, 0.717) is 0 Å². The summed E-state index contributed by atoms with van der Waals surface area (Å²) in [7, 11) is 0. The van der Waals surface area contributed by atoms with Crippen LogP contribution in [-0.2, 0) is 4.74 Å². The lowest BCUT2D eigenvalue weighted by Crippen LogP contribution is -2.18. The third-order valence-corrected chi connectivity index (χ3v) is 3.15. The highest BCUT2D eigenvalue weighted by Crippen LogP contribution is 2.26. The van der Waals surface area contributed by atoms with E-state index in [1.807, 2.05) is 37.3 Å². The molecule has 0 saturated carbocycles. The van der Waals surface area contributed by atoms with Crippen molar-refractivity contribution in [2.24, 2.45) is 0 Å². The Bertz CT molecular complexity index is 518. The second-order valence-corrected chi connectivity index (χ2v) is 4.59. The predicted octanol–water partition coefficient (Wildman–Crippen LogP) is 3.52. The van der Waals surface area contributed by atoms with Gasteiger partial charge in [-0.1, -0.05) is 42.5 Å². The normalized spacial score (nSPS) is 19.3. The number of hydrogen-bond acceptors (Lipinski definition) is 2. The number of epoxide rings is 1. The molecule has 2 aromatic rings. The van der Waals surface area contributed by atoms with Crippen molar-refractivity contribution in [1.29, 1.82) is 0 Å². The summed E-state index contributed by atoms with van der Waals surface area (Å²) in [6.07, 6.45) is 0.390. The first-order valence-corrected chi connectivity index (χ1v) is 6.27. The van der Waals surface area contributed by atoms with E-state index in [0.717, 1.165) is 12.4 Å². The van der Waals surface area contributed by atoms with Crippen molar-refractivity contribution < 1.29 is 9.47 Å². The van der Waals surface area contributed by atoms with Crippen LogP contribution in [0.3, 0.4) is 0 Å². The number of rotatable bonds is 4. The lowest BCUT2D eigenvalue weighted by molar-refractivity contribution is 0.176. The molecule has 1 heterocycles. The van der Waals surface area contributed by atoms with E-state index in [-0.39, 0.29) is 12.2 Å². The number of hydrogen-bond donors (Lipinski definition) is 0. The maximum atomic E-state index is 5.88. The Morgan fingerprint density at radius 3 is 2.50 bits per heavy atom. The van der Waals surface area contributed by atoms with Crippen molar-refractivity contribution in [1.82, 2.24) is 0 Å². The molecule has 0 aromatic heterocycles. The smallest absolute Gasteiger partial charge is 0.124 e. The maximum Gasteiger partial charge on any atom is 0.124 e. The van der Waals surface area contributed by atoms with Crippen LogP contribution in [0.2, 0.25) is 0 Å². The monoisotopic (exact) mass is 240 g/mol. The molecule has 18 heavy (non-hydrogen) atoms. The molecule has 0 amide bonds. The van der Waals surface area contributed by atoms with Crippen LogP contribution >= 0.6 is 0 Å². The average Bonchev–Trinajstić information content (AvgIpc) is 3.24. The topological polar surface area (TPSA) is 21.8 Å². The molecule has 0 radical (unpaired) electrons. The third-order valence-electron chi connectivity index (χ3n) is 3.15. The Labute approximate surface area is 107 Å². The van der Waals surface area contributed by atoms with E-state index in [1.165, 1.54) is 11.1 Å². The van der Waals surface area contributed by atoms with Crippen molar-refractivity contribution in [3.63, 3.8) is 0 Å². The van der Waals surface area contributed by atoms with Gasteiger partial charge in [0, 0.05) is 0 Å². The first-order chi connectivity index (χ1) is 8.83. The van der Waals surface area contributed by atoms with E-state index in [2.05, 4.69) is 24.3 Å². The molecular weight excluding hydrogens is 224 g/mol. The van der Waals surface area contributed by atoms with Crippen molar-refractivity contribution in [3.8, 4) is 16.9 Å². The second kappa shape index (κ2) is 4.83. The SMILES string of the molecule is C[C@@H](Oc1cccc(-c2ccccc2)c1)[C@@H]1CO1. The molecule has 2 atom stereocenters. The molecule has 1 aliphatic heterocycles. The Morgan fingerprint density at radius 1 is 1.06 bits per heavy atom. The van der Waals surface area contributed by atoms with Gasteiger partial charge in [-0.15, -0.1) is 0 Å². The standard InChI is InChI=1S/C16H16O2/c1-12(16-11-17-16)18-15-9-5-8-14(10-15)13-6-3-2-4-7-13/h2-10,12,16H,11H2,1H3/t12-,16+/m1/s1. The van der Waals surface area contributed by atoms with Crippen molar-refractivity contribution in [2.45, 2.75) is 19.1 Å². The van der Waals surface area contributed by atoms with Crippen LogP contribution in [0.5, 0.6) is 5.75 Å². The molecule has 92 valence electrons. The first-order valence-electron chi connectivity index (χ1n) is 6.27. The summed E-state index contributed by atoms with van der Waals surface area (Å²) in [5.74, 6) is 0.902. The molecule has 1 saturated heterocycles. The minimum atomic E-state index is 0.121. The van der Waals surface area contributed by atoms with E-state index in [4.69, 9.17) is 9.47 Å². The van der Waals surface area contributed by atoms with Crippen LogP contribution in [0, 0.1) is 0 Å². The van der Waals surface area contributed by atoms with Gasteiger partial charge in [-0.25, -0.2) is 0 Å². The molecule has 0 N–H and O–H groups in total. The second-order valence-electron chi connectivity index (χ2n) is 4.59.